The lowest BCUT2D eigenvalue weighted by Gasteiger charge is -2.18. The van der Waals surface area contributed by atoms with Gasteiger partial charge in [-0.15, -0.1) is 0 Å². The van der Waals surface area contributed by atoms with Crippen molar-refractivity contribution in [1.82, 2.24) is 9.62 Å². The Labute approximate surface area is 108 Å². The highest BCUT2D eigenvalue weighted by Crippen LogP contribution is 2.27. The molecule has 0 bridgehead atoms. The lowest BCUT2D eigenvalue weighted by Crippen LogP contribution is -2.25. The third-order valence-corrected chi connectivity index (χ3v) is 4.77. The van der Waals surface area contributed by atoms with Gasteiger partial charge in [-0.2, -0.15) is 0 Å². The predicted octanol–water partition coefficient (Wildman–Crippen LogP) is 0.678. The zero-order chi connectivity index (χ0) is 13.2. The van der Waals surface area contributed by atoms with Gasteiger partial charge in [0, 0.05) is 20.6 Å². The van der Waals surface area contributed by atoms with Crippen LogP contribution in [0.15, 0.2) is 29.2 Å². The van der Waals surface area contributed by atoms with Crippen LogP contribution < -0.4 is 10.1 Å². The quantitative estimate of drug-likeness (QED) is 0.874. The van der Waals surface area contributed by atoms with Crippen molar-refractivity contribution in [2.45, 2.75) is 17.4 Å². The Morgan fingerprint density at radius 2 is 2.06 bits per heavy atom. The molecule has 1 fully saturated rings. The number of para-hydroxylation sites is 1. The molecule has 1 aliphatic rings. The molecule has 0 amide bonds. The van der Waals surface area contributed by atoms with E-state index >= 15 is 0 Å². The first-order chi connectivity index (χ1) is 8.51. The third-order valence-electron chi connectivity index (χ3n) is 2.92. The van der Waals surface area contributed by atoms with Crippen LogP contribution in [0.1, 0.15) is 6.42 Å². The number of nitrogens with zero attached hydrogens (tertiary/aromatic N) is 1. The van der Waals surface area contributed by atoms with Crippen molar-refractivity contribution in [3.63, 3.8) is 0 Å². The molecular weight excluding hydrogens is 252 g/mol. The Morgan fingerprint density at radius 1 is 1.33 bits per heavy atom. The summed E-state index contributed by atoms with van der Waals surface area (Å²) in [6, 6.07) is 6.77. The van der Waals surface area contributed by atoms with Crippen LogP contribution in [0.25, 0.3) is 0 Å². The Kier molecular flexibility index (Phi) is 3.89. The number of benzene rings is 1. The second kappa shape index (κ2) is 5.26. The molecule has 1 aliphatic heterocycles. The molecule has 6 heteroatoms. The molecule has 0 aromatic heterocycles. The number of hydrogen-bond donors (Lipinski definition) is 1. The lowest BCUT2D eigenvalue weighted by atomic mass is 10.3. The average Bonchev–Trinajstić information content (AvgIpc) is 2.82. The second-order valence-corrected chi connectivity index (χ2v) is 6.59. The zero-order valence-corrected chi connectivity index (χ0v) is 11.4. The number of sulfonamides is 1. The van der Waals surface area contributed by atoms with Crippen LogP contribution in [0.2, 0.25) is 0 Å². The minimum absolute atomic E-state index is 0.0449. The molecule has 0 spiro atoms. The van der Waals surface area contributed by atoms with Crippen molar-refractivity contribution in [3.8, 4) is 5.75 Å². The highest BCUT2D eigenvalue weighted by Gasteiger charge is 2.24. The Bertz CT molecular complexity index is 508. The van der Waals surface area contributed by atoms with Crippen LogP contribution in [-0.2, 0) is 10.0 Å². The van der Waals surface area contributed by atoms with Gasteiger partial charge in [-0.3, -0.25) is 0 Å². The van der Waals surface area contributed by atoms with Crippen LogP contribution in [0.3, 0.4) is 0 Å². The maximum atomic E-state index is 12.2. The number of hydrogen-bond acceptors (Lipinski definition) is 4. The number of rotatable bonds is 4. The Morgan fingerprint density at radius 3 is 2.67 bits per heavy atom. The summed E-state index contributed by atoms with van der Waals surface area (Å²) in [4.78, 5) is 0.224. The van der Waals surface area contributed by atoms with Crippen LogP contribution in [0, 0.1) is 0 Å². The van der Waals surface area contributed by atoms with Crippen molar-refractivity contribution in [2.24, 2.45) is 0 Å². The van der Waals surface area contributed by atoms with E-state index in [2.05, 4.69) is 5.32 Å². The molecule has 0 aliphatic carbocycles. The summed E-state index contributed by atoms with van der Waals surface area (Å²) < 4.78 is 31.3. The van der Waals surface area contributed by atoms with E-state index in [1.165, 1.54) is 18.4 Å². The number of ether oxygens (including phenoxy) is 1. The molecule has 5 nitrogen and oxygen atoms in total. The largest absolute Gasteiger partial charge is 0.488 e. The summed E-state index contributed by atoms with van der Waals surface area (Å²) in [5.41, 5.74) is 0. The fraction of sp³-hybridized carbons (Fsp3) is 0.500. The third kappa shape index (κ3) is 2.66. The van der Waals surface area contributed by atoms with Crippen molar-refractivity contribution < 1.29 is 13.2 Å². The van der Waals surface area contributed by atoms with E-state index in [1.807, 2.05) is 0 Å². The Hall–Kier alpha value is -1.11. The van der Waals surface area contributed by atoms with Crippen LogP contribution in [-0.4, -0.2) is 46.0 Å². The molecule has 100 valence electrons. The highest BCUT2D eigenvalue weighted by molar-refractivity contribution is 7.89. The maximum absolute atomic E-state index is 12.2. The van der Waals surface area contributed by atoms with Crippen molar-refractivity contribution in [1.29, 1.82) is 0 Å². The molecule has 1 unspecified atom stereocenters. The van der Waals surface area contributed by atoms with Gasteiger partial charge in [-0.05, 0) is 25.1 Å². The topological polar surface area (TPSA) is 58.6 Å². The molecule has 0 saturated carbocycles. The minimum atomic E-state index is -3.46. The van der Waals surface area contributed by atoms with Crippen LogP contribution >= 0.6 is 0 Å². The van der Waals surface area contributed by atoms with E-state index in [0.29, 0.717) is 5.75 Å². The summed E-state index contributed by atoms with van der Waals surface area (Å²) in [6.07, 6.45) is 0.944. The molecule has 1 heterocycles. The molecule has 1 aromatic rings. The van der Waals surface area contributed by atoms with Gasteiger partial charge in [0.25, 0.3) is 0 Å². The fourth-order valence-electron chi connectivity index (χ4n) is 1.87. The molecule has 1 aromatic carbocycles. The van der Waals surface area contributed by atoms with Gasteiger partial charge in [-0.25, -0.2) is 12.7 Å². The highest BCUT2D eigenvalue weighted by atomic mass is 32.2. The monoisotopic (exact) mass is 270 g/mol. The van der Waals surface area contributed by atoms with Crippen LogP contribution in [0.5, 0.6) is 5.75 Å². The molecule has 0 radical (unpaired) electrons. The molecule has 1 saturated heterocycles. The van der Waals surface area contributed by atoms with Gasteiger partial charge >= 0.3 is 0 Å². The SMILES string of the molecule is CN(C)S(=O)(=O)c1ccccc1OC1CCNC1. The smallest absolute Gasteiger partial charge is 0.246 e. The molecule has 1 atom stereocenters. The number of nitrogens with one attached hydrogen (secondary N) is 1. The van der Waals surface area contributed by atoms with Gasteiger partial charge in [0.1, 0.15) is 16.7 Å². The van der Waals surface area contributed by atoms with Gasteiger partial charge in [0.05, 0.1) is 0 Å². The maximum Gasteiger partial charge on any atom is 0.246 e. The summed E-state index contributed by atoms with van der Waals surface area (Å²) in [5, 5.41) is 3.19. The molecule has 2 rings (SSSR count). The normalized spacial score (nSPS) is 20.3. The van der Waals surface area contributed by atoms with E-state index in [9.17, 15) is 8.42 Å². The second-order valence-electron chi connectivity index (χ2n) is 4.47. The van der Waals surface area contributed by atoms with Crippen molar-refractivity contribution in [2.75, 3.05) is 27.2 Å². The summed E-state index contributed by atoms with van der Waals surface area (Å²) >= 11 is 0. The van der Waals surface area contributed by atoms with Crippen LogP contribution in [0.4, 0.5) is 0 Å². The zero-order valence-electron chi connectivity index (χ0n) is 10.6. The van der Waals surface area contributed by atoms with E-state index in [-0.39, 0.29) is 11.0 Å². The van der Waals surface area contributed by atoms with Gasteiger partial charge in [0.2, 0.25) is 10.0 Å². The summed E-state index contributed by atoms with van der Waals surface area (Å²) in [7, 11) is -0.427. The van der Waals surface area contributed by atoms with E-state index in [4.69, 9.17) is 4.74 Å². The average molecular weight is 270 g/mol. The lowest BCUT2D eigenvalue weighted by molar-refractivity contribution is 0.217. The molecule has 1 N–H and O–H groups in total. The summed E-state index contributed by atoms with van der Waals surface area (Å²) in [6.45, 7) is 1.67. The van der Waals surface area contributed by atoms with Gasteiger partial charge in [0.15, 0.2) is 0 Å². The first-order valence-corrected chi connectivity index (χ1v) is 7.35. The van der Waals surface area contributed by atoms with Crippen molar-refractivity contribution in [3.05, 3.63) is 24.3 Å². The van der Waals surface area contributed by atoms with E-state index in [0.717, 1.165) is 19.5 Å². The Balaban J connectivity index is 2.31. The predicted molar refractivity (Wildman–Crippen MR) is 69.2 cm³/mol. The molecule has 18 heavy (non-hydrogen) atoms. The van der Waals surface area contributed by atoms with E-state index < -0.39 is 10.0 Å². The first kappa shape index (κ1) is 13.3. The van der Waals surface area contributed by atoms with Gasteiger partial charge in [-0.1, -0.05) is 12.1 Å². The van der Waals surface area contributed by atoms with E-state index in [1.54, 1.807) is 24.3 Å². The minimum Gasteiger partial charge on any atom is -0.488 e. The fourth-order valence-corrected chi connectivity index (χ4v) is 2.88. The summed E-state index contributed by atoms with van der Waals surface area (Å²) in [5.74, 6) is 0.430. The first-order valence-electron chi connectivity index (χ1n) is 5.91. The standard InChI is InChI=1S/C12H18N2O3S/c1-14(2)18(15,16)12-6-4-3-5-11(12)17-10-7-8-13-9-10/h3-6,10,13H,7-9H2,1-2H3. The van der Waals surface area contributed by atoms with Gasteiger partial charge < -0.3 is 10.1 Å². The van der Waals surface area contributed by atoms with Crippen molar-refractivity contribution >= 4 is 10.0 Å². The molecular formula is C12H18N2O3S.